The Bertz CT molecular complexity index is 1710. The molecule has 1 heterocycles. The van der Waals surface area contributed by atoms with Gasteiger partial charge in [-0.1, -0.05) is 66.7 Å². The highest BCUT2D eigenvalue weighted by atomic mass is 127. The molecule has 7 nitrogen and oxygen atoms in total. The Balaban J connectivity index is 1.30. The number of halogens is 1. The highest BCUT2D eigenvalue weighted by Gasteiger charge is 2.40. The molecule has 1 aliphatic rings. The number of allylic oxidation sites excluding steroid dienone is 2. The lowest BCUT2D eigenvalue weighted by molar-refractivity contribution is -0.121. The van der Waals surface area contributed by atoms with E-state index in [4.69, 9.17) is 0 Å². The molecule has 0 radical (unpaired) electrons. The second-order valence-corrected chi connectivity index (χ2v) is 12.0. The number of thioether (sulfide) groups is 1. The lowest BCUT2D eigenvalue weighted by atomic mass is 10.2. The number of anilines is 2. The van der Waals surface area contributed by atoms with Gasteiger partial charge in [-0.15, -0.1) is 11.8 Å². The number of carbonyl (C=O) groups excluding carboxylic acids is 4. The Morgan fingerprint density at radius 2 is 1.56 bits per heavy atom. The van der Waals surface area contributed by atoms with E-state index in [1.165, 1.54) is 16.7 Å². The minimum Gasteiger partial charge on any atom is -0.321 e. The number of imide groups is 1. The number of amides is 4. The summed E-state index contributed by atoms with van der Waals surface area (Å²) >= 11 is 3.44. The van der Waals surface area contributed by atoms with E-state index < -0.39 is 17.1 Å². The monoisotopic (exact) mass is 699 g/mol. The van der Waals surface area contributed by atoms with Gasteiger partial charge in [0.15, 0.2) is 0 Å². The quantitative estimate of drug-likeness (QED) is 0.0880. The summed E-state index contributed by atoms with van der Waals surface area (Å²) < 4.78 is 1.01. The van der Waals surface area contributed by atoms with Crippen LogP contribution in [0.2, 0.25) is 0 Å². The fraction of sp³-hybridized carbons (Fsp3) is 0.0588. The summed E-state index contributed by atoms with van der Waals surface area (Å²) in [7, 11) is 0. The van der Waals surface area contributed by atoms with Gasteiger partial charge in [-0.25, -0.2) is 4.90 Å². The number of benzene rings is 4. The van der Waals surface area contributed by atoms with E-state index in [1.54, 1.807) is 66.7 Å². The molecule has 1 fully saturated rings. The van der Waals surface area contributed by atoms with Crippen molar-refractivity contribution in [3.63, 3.8) is 0 Å². The van der Waals surface area contributed by atoms with Gasteiger partial charge in [-0.3, -0.25) is 19.2 Å². The van der Waals surface area contributed by atoms with Crippen LogP contribution in [-0.4, -0.2) is 28.9 Å². The second kappa shape index (κ2) is 14.1. The first-order chi connectivity index (χ1) is 20.9. The molecule has 2 N–H and O–H groups in total. The number of carbonyl (C=O) groups is 4. The summed E-state index contributed by atoms with van der Waals surface area (Å²) in [5, 5.41) is 4.97. The molecule has 1 atom stereocenters. The Kier molecular flexibility index (Phi) is 9.85. The first-order valence-corrected chi connectivity index (χ1v) is 15.3. The molecule has 4 aromatic rings. The molecule has 1 saturated heterocycles. The van der Waals surface area contributed by atoms with Crippen molar-refractivity contribution in [2.45, 2.75) is 16.6 Å². The smallest absolute Gasteiger partial charge is 0.272 e. The minimum absolute atomic E-state index is 0.0591. The third-order valence-electron chi connectivity index (χ3n) is 6.44. The van der Waals surface area contributed by atoms with Crippen LogP contribution >= 0.6 is 34.4 Å². The van der Waals surface area contributed by atoms with Crippen molar-refractivity contribution in [2.75, 3.05) is 10.2 Å². The van der Waals surface area contributed by atoms with Crippen LogP contribution in [0.3, 0.4) is 0 Å². The summed E-state index contributed by atoms with van der Waals surface area (Å²) in [5.41, 5.74) is 2.45. The summed E-state index contributed by atoms with van der Waals surface area (Å²) in [4.78, 5) is 54.0. The molecule has 43 heavy (non-hydrogen) atoms. The van der Waals surface area contributed by atoms with Crippen LogP contribution in [0.5, 0.6) is 0 Å². The van der Waals surface area contributed by atoms with Gasteiger partial charge in [0.25, 0.3) is 11.8 Å². The summed E-state index contributed by atoms with van der Waals surface area (Å²) in [6.07, 6.45) is 5.16. The molecule has 0 saturated carbocycles. The SMILES string of the molecule is O=C(Nc1cccc(S[C@@H]2CC(=O)N(c3ccc(I)cc3)C2=O)c1)/C(=C/C=C\c1ccccc1)NC(=O)c1ccccc1. The molecular weight excluding hydrogens is 673 g/mol. The third kappa shape index (κ3) is 7.88. The maximum atomic E-state index is 13.4. The highest BCUT2D eigenvalue weighted by molar-refractivity contribution is 14.1. The average molecular weight is 700 g/mol. The molecule has 4 aromatic carbocycles. The molecule has 0 aromatic heterocycles. The van der Waals surface area contributed by atoms with Gasteiger partial charge < -0.3 is 10.6 Å². The molecule has 9 heteroatoms. The zero-order valence-corrected chi connectivity index (χ0v) is 25.7. The zero-order chi connectivity index (χ0) is 30.2. The van der Waals surface area contributed by atoms with E-state index in [0.29, 0.717) is 16.9 Å². The van der Waals surface area contributed by atoms with Gasteiger partial charge in [0.05, 0.1) is 10.9 Å². The van der Waals surface area contributed by atoms with Crippen molar-refractivity contribution in [1.29, 1.82) is 0 Å². The van der Waals surface area contributed by atoms with E-state index in [0.717, 1.165) is 14.0 Å². The van der Waals surface area contributed by atoms with E-state index in [2.05, 4.69) is 33.2 Å². The predicted molar refractivity (Wildman–Crippen MR) is 178 cm³/mol. The van der Waals surface area contributed by atoms with Crippen LogP contribution in [0.15, 0.2) is 132 Å². The van der Waals surface area contributed by atoms with Crippen molar-refractivity contribution < 1.29 is 19.2 Å². The highest BCUT2D eigenvalue weighted by Crippen LogP contribution is 2.35. The predicted octanol–water partition coefficient (Wildman–Crippen LogP) is 6.68. The Morgan fingerprint density at radius 1 is 0.860 bits per heavy atom. The van der Waals surface area contributed by atoms with Gasteiger partial charge in [-0.05, 0) is 88.8 Å². The van der Waals surface area contributed by atoms with Crippen molar-refractivity contribution >= 4 is 75.4 Å². The zero-order valence-electron chi connectivity index (χ0n) is 22.8. The summed E-state index contributed by atoms with van der Waals surface area (Å²) in [5.74, 6) is -1.45. The number of hydrogen-bond donors (Lipinski definition) is 2. The Labute approximate surface area is 267 Å². The molecule has 214 valence electrons. The molecule has 5 rings (SSSR count). The summed E-state index contributed by atoms with van der Waals surface area (Å²) in [6, 6.07) is 32.5. The Hall–Kier alpha value is -4.48. The fourth-order valence-corrected chi connectivity index (χ4v) is 5.82. The van der Waals surface area contributed by atoms with Crippen LogP contribution in [0.4, 0.5) is 11.4 Å². The van der Waals surface area contributed by atoms with Crippen LogP contribution in [-0.2, 0) is 14.4 Å². The van der Waals surface area contributed by atoms with Crippen LogP contribution in [0, 0.1) is 3.57 Å². The Morgan fingerprint density at radius 3 is 2.28 bits per heavy atom. The van der Waals surface area contributed by atoms with Crippen molar-refractivity contribution in [3.8, 4) is 0 Å². The van der Waals surface area contributed by atoms with Gasteiger partial charge in [0.1, 0.15) is 5.70 Å². The largest absolute Gasteiger partial charge is 0.321 e. The molecule has 0 aliphatic carbocycles. The van der Waals surface area contributed by atoms with Crippen molar-refractivity contribution in [1.82, 2.24) is 5.32 Å². The van der Waals surface area contributed by atoms with E-state index in [9.17, 15) is 19.2 Å². The molecule has 0 bridgehead atoms. The van der Waals surface area contributed by atoms with Gasteiger partial charge >= 0.3 is 0 Å². The minimum atomic E-state index is -0.582. The normalized spacial score (nSPS) is 15.1. The van der Waals surface area contributed by atoms with E-state index in [1.807, 2.05) is 60.7 Å². The standard InChI is InChI=1S/C34H26IN3O4S/c35-25-17-19-27(20-18-25)38-31(39)22-30(34(38)42)43-28-15-8-14-26(21-28)36-33(41)29(16-7-11-23-9-3-1-4-10-23)37-32(40)24-12-5-2-6-13-24/h1-21,30H,22H2,(H,36,41)(H,37,40)/b11-7-,29-16-/t30-/m1/s1. The topological polar surface area (TPSA) is 95.6 Å². The van der Waals surface area contributed by atoms with Gasteiger partial charge in [0, 0.05) is 26.1 Å². The molecule has 1 aliphatic heterocycles. The maximum Gasteiger partial charge on any atom is 0.272 e. The maximum absolute atomic E-state index is 13.4. The fourth-order valence-electron chi connectivity index (χ4n) is 4.35. The lowest BCUT2D eigenvalue weighted by Crippen LogP contribution is -2.31. The van der Waals surface area contributed by atoms with Gasteiger partial charge in [-0.2, -0.15) is 0 Å². The lowest BCUT2D eigenvalue weighted by Gasteiger charge is -2.15. The van der Waals surface area contributed by atoms with E-state index >= 15 is 0 Å². The van der Waals surface area contributed by atoms with Crippen LogP contribution in [0.25, 0.3) is 6.08 Å². The van der Waals surface area contributed by atoms with Crippen LogP contribution < -0.4 is 15.5 Å². The number of nitrogens with one attached hydrogen (secondary N) is 2. The van der Waals surface area contributed by atoms with Crippen LogP contribution in [0.1, 0.15) is 22.3 Å². The average Bonchev–Trinajstić information content (AvgIpc) is 3.30. The molecule has 0 unspecified atom stereocenters. The van der Waals surface area contributed by atoms with Crippen molar-refractivity contribution in [3.05, 3.63) is 142 Å². The van der Waals surface area contributed by atoms with E-state index in [-0.39, 0.29) is 23.9 Å². The summed E-state index contributed by atoms with van der Waals surface area (Å²) in [6.45, 7) is 0. The number of rotatable bonds is 9. The van der Waals surface area contributed by atoms with Gasteiger partial charge in [0.2, 0.25) is 11.8 Å². The third-order valence-corrected chi connectivity index (χ3v) is 8.34. The van der Waals surface area contributed by atoms with Crippen molar-refractivity contribution in [2.24, 2.45) is 0 Å². The molecular formula is C34H26IN3O4S. The molecule has 4 amide bonds. The first-order valence-electron chi connectivity index (χ1n) is 13.4. The number of nitrogens with zero attached hydrogens (tertiary/aromatic N) is 1. The molecule has 0 spiro atoms. The number of hydrogen-bond acceptors (Lipinski definition) is 5. The second-order valence-electron chi connectivity index (χ2n) is 9.51. The first kappa shape index (κ1) is 30.0.